The summed E-state index contributed by atoms with van der Waals surface area (Å²) in [4.78, 5) is 4.12. The summed E-state index contributed by atoms with van der Waals surface area (Å²) in [6.45, 7) is 6.80. The Hall–Kier alpha value is -1.05. The molecule has 2 heterocycles. The number of nitrogens with zero attached hydrogens (tertiary/aromatic N) is 1. The lowest BCUT2D eigenvalue weighted by molar-refractivity contribution is 0.483. The summed E-state index contributed by atoms with van der Waals surface area (Å²) in [5.41, 5.74) is 2.63. The maximum Gasteiger partial charge on any atom is 0.0565 e. The van der Waals surface area contributed by atoms with Crippen LogP contribution in [0.2, 0.25) is 0 Å². The van der Waals surface area contributed by atoms with Crippen molar-refractivity contribution in [2.45, 2.75) is 32.7 Å². The van der Waals surface area contributed by atoms with Crippen LogP contribution in [-0.2, 0) is 0 Å². The first-order valence-corrected chi connectivity index (χ1v) is 4.90. The molecule has 2 nitrogen and oxygen atoms in total. The van der Waals surface area contributed by atoms with Crippen molar-refractivity contribution >= 4 is 5.69 Å². The molecule has 1 aliphatic heterocycles. The molecule has 2 atom stereocenters. The summed E-state index contributed by atoms with van der Waals surface area (Å²) in [6.07, 6.45) is 3.80. The zero-order chi connectivity index (χ0) is 9.42. The second-order valence-corrected chi connectivity index (χ2v) is 4.17. The van der Waals surface area contributed by atoms with Gasteiger partial charge >= 0.3 is 0 Å². The molecule has 2 unspecified atom stereocenters. The van der Waals surface area contributed by atoms with Crippen LogP contribution in [0, 0.1) is 5.92 Å². The van der Waals surface area contributed by atoms with E-state index < -0.39 is 0 Å². The first-order valence-electron chi connectivity index (χ1n) is 4.90. The molecule has 1 aromatic heterocycles. The highest BCUT2D eigenvalue weighted by Gasteiger charge is 2.30. The molecule has 0 aliphatic carbocycles. The van der Waals surface area contributed by atoms with Crippen molar-refractivity contribution in [1.29, 1.82) is 0 Å². The number of pyridine rings is 1. The van der Waals surface area contributed by atoms with E-state index in [1.807, 2.05) is 12.4 Å². The van der Waals surface area contributed by atoms with Crippen LogP contribution in [0.4, 0.5) is 5.69 Å². The normalized spacial score (nSPS) is 25.8. The van der Waals surface area contributed by atoms with Crippen LogP contribution in [0.15, 0.2) is 18.5 Å². The fourth-order valence-electron chi connectivity index (χ4n) is 2.16. The second-order valence-electron chi connectivity index (χ2n) is 4.17. The minimum absolute atomic E-state index is 0.569. The summed E-state index contributed by atoms with van der Waals surface area (Å²) in [5, 5.41) is 3.52. The number of fused-ring (bicyclic) bond motifs is 1. The standard InChI is InChI=1S/C11H16N2/c1-7(2)11-8(3)9-4-5-12-6-10(9)13-11/h4-8,11,13H,1-3H3. The zero-order valence-electron chi connectivity index (χ0n) is 8.41. The SMILES string of the molecule is CC(C)C1Nc2cnccc2C1C. The Balaban J connectivity index is 2.32. The highest BCUT2D eigenvalue weighted by atomic mass is 15.0. The van der Waals surface area contributed by atoms with E-state index in [9.17, 15) is 0 Å². The molecule has 2 heteroatoms. The molecule has 13 heavy (non-hydrogen) atoms. The van der Waals surface area contributed by atoms with Gasteiger partial charge in [0.2, 0.25) is 0 Å². The summed E-state index contributed by atoms with van der Waals surface area (Å²) in [5.74, 6) is 1.28. The van der Waals surface area contributed by atoms with Gasteiger partial charge in [0.05, 0.1) is 11.9 Å². The van der Waals surface area contributed by atoms with Crippen molar-refractivity contribution in [2.75, 3.05) is 5.32 Å². The summed E-state index contributed by atoms with van der Waals surface area (Å²) >= 11 is 0. The molecule has 1 aromatic rings. The van der Waals surface area contributed by atoms with Gasteiger partial charge in [-0.3, -0.25) is 4.98 Å². The minimum Gasteiger partial charge on any atom is -0.380 e. The molecule has 0 amide bonds. The van der Waals surface area contributed by atoms with E-state index in [0.29, 0.717) is 17.9 Å². The van der Waals surface area contributed by atoms with Crippen molar-refractivity contribution in [3.05, 3.63) is 24.0 Å². The lowest BCUT2D eigenvalue weighted by atomic mass is 9.91. The minimum atomic E-state index is 0.569. The first kappa shape index (κ1) is 8.54. The molecule has 0 fully saturated rings. The van der Waals surface area contributed by atoms with E-state index in [2.05, 4.69) is 37.1 Å². The maximum atomic E-state index is 4.12. The number of rotatable bonds is 1. The van der Waals surface area contributed by atoms with E-state index in [-0.39, 0.29) is 0 Å². The third kappa shape index (κ3) is 1.30. The molecule has 0 saturated carbocycles. The van der Waals surface area contributed by atoms with E-state index in [1.165, 1.54) is 11.3 Å². The van der Waals surface area contributed by atoms with Gasteiger partial charge in [0.15, 0.2) is 0 Å². The van der Waals surface area contributed by atoms with E-state index in [4.69, 9.17) is 0 Å². The van der Waals surface area contributed by atoms with Gasteiger partial charge in [-0.25, -0.2) is 0 Å². The third-order valence-corrected chi connectivity index (χ3v) is 2.92. The molecular formula is C11H16N2. The van der Waals surface area contributed by atoms with E-state index in [1.54, 1.807) is 0 Å². The average molecular weight is 176 g/mol. The number of aromatic nitrogens is 1. The lowest BCUT2D eigenvalue weighted by Crippen LogP contribution is -2.24. The first-order chi connectivity index (χ1) is 6.20. The van der Waals surface area contributed by atoms with Crippen LogP contribution < -0.4 is 5.32 Å². The van der Waals surface area contributed by atoms with Crippen LogP contribution >= 0.6 is 0 Å². The van der Waals surface area contributed by atoms with Crippen LogP contribution in [0.25, 0.3) is 0 Å². The average Bonchev–Trinajstić information content (AvgIpc) is 2.45. The Morgan fingerprint density at radius 2 is 2.23 bits per heavy atom. The van der Waals surface area contributed by atoms with Crippen LogP contribution in [-0.4, -0.2) is 11.0 Å². The Morgan fingerprint density at radius 1 is 1.46 bits per heavy atom. The van der Waals surface area contributed by atoms with Gasteiger partial charge in [0.1, 0.15) is 0 Å². The van der Waals surface area contributed by atoms with Gasteiger partial charge in [-0.2, -0.15) is 0 Å². The molecule has 0 radical (unpaired) electrons. The number of hydrogen-bond acceptors (Lipinski definition) is 2. The molecule has 0 aromatic carbocycles. The van der Waals surface area contributed by atoms with Gasteiger partial charge in [-0.15, -0.1) is 0 Å². The Morgan fingerprint density at radius 3 is 2.85 bits per heavy atom. The predicted molar refractivity (Wildman–Crippen MR) is 54.9 cm³/mol. The fraction of sp³-hybridized carbons (Fsp3) is 0.545. The molecular weight excluding hydrogens is 160 g/mol. The Labute approximate surface area is 79.4 Å². The van der Waals surface area contributed by atoms with Crippen LogP contribution in [0.5, 0.6) is 0 Å². The quantitative estimate of drug-likeness (QED) is 0.711. The van der Waals surface area contributed by atoms with Crippen LogP contribution in [0.3, 0.4) is 0 Å². The van der Waals surface area contributed by atoms with E-state index >= 15 is 0 Å². The van der Waals surface area contributed by atoms with Crippen molar-refractivity contribution in [1.82, 2.24) is 4.98 Å². The largest absolute Gasteiger partial charge is 0.380 e. The van der Waals surface area contributed by atoms with E-state index in [0.717, 1.165) is 0 Å². The highest BCUT2D eigenvalue weighted by molar-refractivity contribution is 5.57. The molecule has 0 spiro atoms. The summed E-state index contributed by atoms with van der Waals surface area (Å²) in [6, 6.07) is 2.69. The highest BCUT2D eigenvalue weighted by Crippen LogP contribution is 2.37. The van der Waals surface area contributed by atoms with Gasteiger partial charge in [0, 0.05) is 18.2 Å². The maximum absolute atomic E-state index is 4.12. The van der Waals surface area contributed by atoms with Crippen molar-refractivity contribution in [3.8, 4) is 0 Å². The van der Waals surface area contributed by atoms with Gasteiger partial charge in [0.25, 0.3) is 0 Å². The van der Waals surface area contributed by atoms with Gasteiger partial charge in [-0.05, 0) is 17.5 Å². The number of hydrogen-bond donors (Lipinski definition) is 1. The summed E-state index contributed by atoms with van der Waals surface area (Å²) < 4.78 is 0. The topological polar surface area (TPSA) is 24.9 Å². The van der Waals surface area contributed by atoms with Gasteiger partial charge < -0.3 is 5.32 Å². The van der Waals surface area contributed by atoms with Crippen LogP contribution in [0.1, 0.15) is 32.3 Å². The number of nitrogens with one attached hydrogen (secondary N) is 1. The monoisotopic (exact) mass is 176 g/mol. The number of anilines is 1. The molecule has 0 saturated heterocycles. The third-order valence-electron chi connectivity index (χ3n) is 2.92. The molecule has 1 N–H and O–H groups in total. The fourth-order valence-corrected chi connectivity index (χ4v) is 2.16. The summed E-state index contributed by atoms with van der Waals surface area (Å²) in [7, 11) is 0. The Bertz CT molecular complexity index is 307. The predicted octanol–water partition coefficient (Wildman–Crippen LogP) is 2.64. The van der Waals surface area contributed by atoms with Crippen molar-refractivity contribution in [3.63, 3.8) is 0 Å². The smallest absolute Gasteiger partial charge is 0.0565 e. The Kier molecular flexibility index (Phi) is 1.98. The van der Waals surface area contributed by atoms with Crippen molar-refractivity contribution in [2.24, 2.45) is 5.92 Å². The molecule has 0 bridgehead atoms. The van der Waals surface area contributed by atoms with Crippen molar-refractivity contribution < 1.29 is 0 Å². The zero-order valence-corrected chi connectivity index (χ0v) is 8.41. The molecule has 1 aliphatic rings. The van der Waals surface area contributed by atoms with Gasteiger partial charge in [-0.1, -0.05) is 20.8 Å². The molecule has 2 rings (SSSR count). The second kappa shape index (κ2) is 3.02. The molecule has 70 valence electrons. The lowest BCUT2D eigenvalue weighted by Gasteiger charge is -2.20.